The lowest BCUT2D eigenvalue weighted by Crippen LogP contribution is -2.09. The van der Waals surface area contributed by atoms with Crippen LogP contribution in [0, 0.1) is 12.7 Å². The van der Waals surface area contributed by atoms with Crippen molar-refractivity contribution >= 4 is 23.1 Å². The summed E-state index contributed by atoms with van der Waals surface area (Å²) in [5.74, 6) is 0.252. The smallest absolute Gasteiger partial charge is 0.224 e. The van der Waals surface area contributed by atoms with Gasteiger partial charge in [0.1, 0.15) is 0 Å². The Bertz CT molecular complexity index is 541. The molecule has 4 nitrogen and oxygen atoms in total. The number of hydrogen-bond donors (Lipinski definition) is 2. The Hall–Kier alpha value is -1.69. The van der Waals surface area contributed by atoms with Gasteiger partial charge in [0.25, 0.3) is 0 Å². The minimum Gasteiger partial charge on any atom is -0.363 e. The van der Waals surface area contributed by atoms with E-state index >= 15 is 0 Å². The van der Waals surface area contributed by atoms with Gasteiger partial charge >= 0.3 is 0 Å². The van der Waals surface area contributed by atoms with Gasteiger partial charge in [0, 0.05) is 13.1 Å². The topological polar surface area (TPSA) is 49.8 Å². The van der Waals surface area contributed by atoms with Crippen LogP contribution in [-0.4, -0.2) is 16.5 Å². The third-order valence-electron chi connectivity index (χ3n) is 2.69. The summed E-state index contributed by atoms with van der Waals surface area (Å²) in [6.07, 6.45) is 2.16. The summed E-state index contributed by atoms with van der Waals surface area (Å²) in [5, 5.41) is 10.2. The van der Waals surface area contributed by atoms with E-state index in [9.17, 15) is 4.39 Å². The predicted octanol–water partition coefficient (Wildman–Crippen LogP) is 3.42. The van der Waals surface area contributed by atoms with E-state index in [4.69, 9.17) is 0 Å². The minimum absolute atomic E-state index is 0.235. The third-order valence-corrected chi connectivity index (χ3v) is 3.60. The Morgan fingerprint density at radius 3 is 2.84 bits per heavy atom. The van der Waals surface area contributed by atoms with Crippen LogP contribution < -0.4 is 10.6 Å². The highest BCUT2D eigenvalue weighted by Gasteiger charge is 2.07. The van der Waals surface area contributed by atoms with Gasteiger partial charge < -0.3 is 10.6 Å². The van der Waals surface area contributed by atoms with Crippen molar-refractivity contribution in [3.63, 3.8) is 0 Å². The summed E-state index contributed by atoms with van der Waals surface area (Å²) in [7, 11) is 0. The molecule has 0 spiro atoms. The van der Waals surface area contributed by atoms with E-state index in [1.807, 2.05) is 6.92 Å². The quantitative estimate of drug-likeness (QED) is 0.851. The van der Waals surface area contributed by atoms with Crippen LogP contribution in [0.15, 0.2) is 17.0 Å². The molecule has 2 N–H and O–H groups in total. The highest BCUT2D eigenvalue weighted by Crippen LogP contribution is 2.17. The van der Waals surface area contributed by atoms with E-state index in [-0.39, 0.29) is 5.82 Å². The summed E-state index contributed by atoms with van der Waals surface area (Å²) in [6, 6.07) is 0. The Labute approximate surface area is 116 Å². The van der Waals surface area contributed by atoms with Crippen LogP contribution in [0.4, 0.5) is 16.2 Å². The van der Waals surface area contributed by atoms with Crippen molar-refractivity contribution in [2.75, 3.05) is 17.2 Å². The first-order valence-corrected chi connectivity index (χ1v) is 7.17. The summed E-state index contributed by atoms with van der Waals surface area (Å²) in [4.78, 5) is 8.04. The zero-order chi connectivity index (χ0) is 13.7. The maximum absolute atomic E-state index is 13.6. The molecule has 0 amide bonds. The fourth-order valence-corrected chi connectivity index (χ4v) is 2.42. The second-order valence-electron chi connectivity index (χ2n) is 4.25. The van der Waals surface area contributed by atoms with Crippen molar-refractivity contribution in [1.82, 2.24) is 9.97 Å². The minimum atomic E-state index is -0.435. The lowest BCUT2D eigenvalue weighted by atomic mass is 10.2. The summed E-state index contributed by atoms with van der Waals surface area (Å²) >= 11 is 1.64. The molecule has 0 unspecified atom stereocenters. The van der Waals surface area contributed by atoms with Crippen molar-refractivity contribution < 1.29 is 4.39 Å². The van der Waals surface area contributed by atoms with Gasteiger partial charge in [-0.1, -0.05) is 6.92 Å². The van der Waals surface area contributed by atoms with Gasteiger partial charge in [0.2, 0.25) is 5.95 Å². The fraction of sp³-hybridized carbons (Fsp3) is 0.385. The molecule has 2 heterocycles. The third kappa shape index (κ3) is 3.64. The number of halogens is 1. The average molecular weight is 280 g/mol. The van der Waals surface area contributed by atoms with Crippen LogP contribution >= 0.6 is 11.3 Å². The monoisotopic (exact) mass is 280 g/mol. The molecule has 0 atom stereocenters. The SMILES string of the molecule is CCCNc1ncc(F)c(NCc2cscc2C)n1. The van der Waals surface area contributed by atoms with Crippen molar-refractivity contribution in [1.29, 1.82) is 0 Å². The highest BCUT2D eigenvalue weighted by molar-refractivity contribution is 7.08. The molecule has 19 heavy (non-hydrogen) atoms. The maximum atomic E-state index is 13.6. The number of aryl methyl sites for hydroxylation is 1. The van der Waals surface area contributed by atoms with Crippen molar-refractivity contribution in [2.45, 2.75) is 26.8 Å². The lowest BCUT2D eigenvalue weighted by molar-refractivity contribution is 0.617. The molecule has 0 aliphatic rings. The molecule has 0 aromatic carbocycles. The van der Waals surface area contributed by atoms with Gasteiger partial charge in [-0.15, -0.1) is 0 Å². The van der Waals surface area contributed by atoms with Gasteiger partial charge in [-0.25, -0.2) is 9.37 Å². The van der Waals surface area contributed by atoms with E-state index in [1.54, 1.807) is 11.3 Å². The van der Waals surface area contributed by atoms with Crippen molar-refractivity contribution in [2.24, 2.45) is 0 Å². The summed E-state index contributed by atoms with van der Waals surface area (Å²) in [6.45, 7) is 5.43. The fourth-order valence-electron chi connectivity index (χ4n) is 1.56. The Morgan fingerprint density at radius 1 is 1.32 bits per heavy atom. The highest BCUT2D eigenvalue weighted by atomic mass is 32.1. The number of nitrogens with one attached hydrogen (secondary N) is 2. The van der Waals surface area contributed by atoms with Crippen molar-refractivity contribution in [3.05, 3.63) is 33.9 Å². The maximum Gasteiger partial charge on any atom is 0.224 e. The largest absolute Gasteiger partial charge is 0.363 e. The summed E-state index contributed by atoms with van der Waals surface area (Å²) in [5.41, 5.74) is 2.36. The molecule has 0 aliphatic carbocycles. The molecule has 0 radical (unpaired) electrons. The molecule has 102 valence electrons. The van der Waals surface area contributed by atoms with Crippen LogP contribution in [0.5, 0.6) is 0 Å². The van der Waals surface area contributed by atoms with E-state index in [0.29, 0.717) is 12.5 Å². The molecule has 0 aliphatic heterocycles. The van der Waals surface area contributed by atoms with Gasteiger partial charge in [-0.3, -0.25) is 0 Å². The first-order valence-electron chi connectivity index (χ1n) is 6.22. The Kier molecular flexibility index (Phi) is 4.68. The molecular weight excluding hydrogens is 263 g/mol. The van der Waals surface area contributed by atoms with Gasteiger partial charge in [-0.05, 0) is 35.2 Å². The molecule has 0 fully saturated rings. The first-order chi connectivity index (χ1) is 9.20. The van der Waals surface area contributed by atoms with Gasteiger partial charge in [-0.2, -0.15) is 16.3 Å². The van der Waals surface area contributed by atoms with E-state index in [1.165, 1.54) is 11.8 Å². The summed E-state index contributed by atoms with van der Waals surface area (Å²) < 4.78 is 13.6. The number of anilines is 2. The molecule has 2 aromatic heterocycles. The normalized spacial score (nSPS) is 10.5. The van der Waals surface area contributed by atoms with Gasteiger partial charge in [0.15, 0.2) is 11.6 Å². The molecule has 6 heteroatoms. The Morgan fingerprint density at radius 2 is 2.16 bits per heavy atom. The molecule has 0 saturated heterocycles. The zero-order valence-electron chi connectivity index (χ0n) is 11.0. The van der Waals surface area contributed by atoms with Crippen LogP contribution in [0.2, 0.25) is 0 Å². The molecule has 2 aromatic rings. The average Bonchev–Trinajstić information content (AvgIpc) is 2.82. The van der Waals surface area contributed by atoms with Crippen LogP contribution in [0.1, 0.15) is 24.5 Å². The van der Waals surface area contributed by atoms with E-state index in [2.05, 4.69) is 38.3 Å². The number of thiophene rings is 1. The van der Waals surface area contributed by atoms with E-state index in [0.717, 1.165) is 18.5 Å². The number of nitrogens with zero attached hydrogens (tertiary/aromatic N) is 2. The second-order valence-corrected chi connectivity index (χ2v) is 4.99. The molecule has 2 rings (SSSR count). The number of aromatic nitrogens is 2. The van der Waals surface area contributed by atoms with Crippen molar-refractivity contribution in [3.8, 4) is 0 Å². The molecular formula is C13H17FN4S. The standard InChI is InChI=1S/C13H17FN4S/c1-3-4-15-13-17-6-11(14)12(18-13)16-5-10-8-19-7-9(10)2/h6-8H,3-5H2,1-2H3,(H2,15,16,17,18). The lowest BCUT2D eigenvalue weighted by Gasteiger charge is -2.08. The van der Waals surface area contributed by atoms with Crippen LogP contribution in [-0.2, 0) is 6.54 Å². The van der Waals surface area contributed by atoms with Gasteiger partial charge in [0.05, 0.1) is 6.20 Å². The zero-order valence-corrected chi connectivity index (χ0v) is 11.9. The van der Waals surface area contributed by atoms with E-state index < -0.39 is 5.82 Å². The number of rotatable bonds is 6. The molecule has 0 saturated carbocycles. The second kappa shape index (κ2) is 6.47. The predicted molar refractivity (Wildman–Crippen MR) is 77.2 cm³/mol. The first kappa shape index (κ1) is 13.7. The number of hydrogen-bond acceptors (Lipinski definition) is 5. The van der Waals surface area contributed by atoms with Crippen LogP contribution in [0.25, 0.3) is 0 Å². The Balaban J connectivity index is 2.04. The molecule has 0 bridgehead atoms. The van der Waals surface area contributed by atoms with Crippen LogP contribution in [0.3, 0.4) is 0 Å².